The first-order valence-corrected chi connectivity index (χ1v) is 7.26. The predicted molar refractivity (Wildman–Crippen MR) is 80.6 cm³/mol. The van der Waals surface area contributed by atoms with E-state index in [0.717, 1.165) is 10.4 Å². The van der Waals surface area contributed by atoms with Gasteiger partial charge in [-0.25, -0.2) is 0 Å². The molecule has 0 radical (unpaired) electrons. The Morgan fingerprint density at radius 2 is 1.84 bits per heavy atom. The fourth-order valence-electron chi connectivity index (χ4n) is 1.80. The molecule has 0 unspecified atom stereocenters. The summed E-state index contributed by atoms with van der Waals surface area (Å²) in [6, 6.07) is 12.1. The molecular weight excluding hydrogens is 254 g/mol. The van der Waals surface area contributed by atoms with E-state index in [1.807, 2.05) is 17.5 Å². The fourth-order valence-corrected chi connectivity index (χ4v) is 2.44. The predicted octanol–water partition coefficient (Wildman–Crippen LogP) is 3.98. The molecule has 1 N–H and O–H groups in total. The average molecular weight is 273 g/mol. The molecule has 1 aromatic heterocycles. The molecule has 0 bridgehead atoms. The van der Waals surface area contributed by atoms with Gasteiger partial charge in [0.05, 0.1) is 4.88 Å². The van der Waals surface area contributed by atoms with Crippen molar-refractivity contribution in [3.8, 4) is 0 Å². The Kier molecular flexibility index (Phi) is 4.05. The molecule has 1 heterocycles. The molecule has 19 heavy (non-hydrogen) atoms. The van der Waals surface area contributed by atoms with Crippen molar-refractivity contribution >= 4 is 17.2 Å². The molecule has 0 spiro atoms. The Morgan fingerprint density at radius 3 is 2.37 bits per heavy atom. The molecule has 1 amide bonds. The minimum absolute atomic E-state index is 0.00472. The van der Waals surface area contributed by atoms with Crippen molar-refractivity contribution in [3.05, 3.63) is 57.8 Å². The van der Waals surface area contributed by atoms with E-state index >= 15 is 0 Å². The Labute approximate surface area is 118 Å². The lowest BCUT2D eigenvalue weighted by Gasteiger charge is -2.19. The van der Waals surface area contributed by atoms with E-state index in [9.17, 15) is 4.79 Å². The number of carbonyl (C=O) groups is 1. The van der Waals surface area contributed by atoms with Crippen LogP contribution in [0, 0.1) is 0 Å². The minimum atomic E-state index is -0.00472. The molecule has 3 heteroatoms. The van der Waals surface area contributed by atoms with E-state index in [0.29, 0.717) is 6.54 Å². The highest BCUT2D eigenvalue weighted by Crippen LogP contribution is 2.22. The molecule has 0 saturated carbocycles. The quantitative estimate of drug-likeness (QED) is 0.900. The summed E-state index contributed by atoms with van der Waals surface area (Å²) in [4.78, 5) is 12.6. The first kappa shape index (κ1) is 13.8. The molecule has 0 atom stereocenters. The summed E-state index contributed by atoms with van der Waals surface area (Å²) in [5.74, 6) is -0.00472. The van der Waals surface area contributed by atoms with Crippen molar-refractivity contribution < 1.29 is 4.79 Å². The van der Waals surface area contributed by atoms with Crippen LogP contribution < -0.4 is 5.32 Å². The summed E-state index contributed by atoms with van der Waals surface area (Å²) in [5, 5.41) is 4.84. The largest absolute Gasteiger partial charge is 0.347 e. The second kappa shape index (κ2) is 5.57. The van der Waals surface area contributed by atoms with Gasteiger partial charge < -0.3 is 5.32 Å². The Balaban J connectivity index is 1.95. The highest BCUT2D eigenvalue weighted by Gasteiger charge is 2.13. The average Bonchev–Trinajstić information content (AvgIpc) is 2.89. The van der Waals surface area contributed by atoms with E-state index in [4.69, 9.17) is 0 Å². The third-order valence-electron chi connectivity index (χ3n) is 3.02. The molecule has 1 aromatic carbocycles. The van der Waals surface area contributed by atoms with Gasteiger partial charge in [-0.2, -0.15) is 0 Å². The van der Waals surface area contributed by atoms with Crippen LogP contribution in [0.15, 0.2) is 41.8 Å². The van der Waals surface area contributed by atoms with E-state index < -0.39 is 0 Å². The van der Waals surface area contributed by atoms with Gasteiger partial charge in [-0.3, -0.25) is 4.79 Å². The van der Waals surface area contributed by atoms with Gasteiger partial charge in [0.25, 0.3) is 5.91 Å². The van der Waals surface area contributed by atoms with Gasteiger partial charge in [0.2, 0.25) is 0 Å². The van der Waals surface area contributed by atoms with Crippen LogP contribution in [-0.4, -0.2) is 5.91 Å². The normalized spacial score (nSPS) is 11.3. The SMILES string of the molecule is CC(C)(C)c1ccc(CNC(=O)c2cccs2)cc1. The maximum Gasteiger partial charge on any atom is 0.261 e. The second-order valence-electron chi connectivity index (χ2n) is 5.61. The van der Waals surface area contributed by atoms with Crippen LogP contribution in [0.1, 0.15) is 41.6 Å². The van der Waals surface area contributed by atoms with E-state index in [1.165, 1.54) is 16.9 Å². The fraction of sp³-hybridized carbons (Fsp3) is 0.312. The molecule has 0 saturated heterocycles. The number of hydrogen-bond donors (Lipinski definition) is 1. The lowest BCUT2D eigenvalue weighted by Crippen LogP contribution is -2.21. The number of nitrogens with one attached hydrogen (secondary N) is 1. The van der Waals surface area contributed by atoms with Gasteiger partial charge in [-0.05, 0) is 28.0 Å². The van der Waals surface area contributed by atoms with Crippen molar-refractivity contribution in [2.75, 3.05) is 0 Å². The highest BCUT2D eigenvalue weighted by atomic mass is 32.1. The first-order valence-electron chi connectivity index (χ1n) is 6.38. The van der Waals surface area contributed by atoms with Crippen LogP contribution >= 0.6 is 11.3 Å². The van der Waals surface area contributed by atoms with Crippen molar-refractivity contribution in [3.63, 3.8) is 0 Å². The molecular formula is C16H19NOS. The smallest absolute Gasteiger partial charge is 0.261 e. The maximum absolute atomic E-state index is 11.8. The van der Waals surface area contributed by atoms with E-state index in [1.54, 1.807) is 0 Å². The monoisotopic (exact) mass is 273 g/mol. The molecule has 2 aromatic rings. The van der Waals surface area contributed by atoms with Crippen LogP contribution in [0.3, 0.4) is 0 Å². The van der Waals surface area contributed by atoms with Crippen molar-refractivity contribution in [2.45, 2.75) is 32.7 Å². The summed E-state index contributed by atoms with van der Waals surface area (Å²) < 4.78 is 0. The van der Waals surface area contributed by atoms with Gasteiger partial charge in [0.1, 0.15) is 0 Å². The summed E-state index contributed by atoms with van der Waals surface area (Å²) in [5.41, 5.74) is 2.59. The van der Waals surface area contributed by atoms with E-state index in [2.05, 4.69) is 50.4 Å². The van der Waals surface area contributed by atoms with Crippen molar-refractivity contribution in [2.24, 2.45) is 0 Å². The second-order valence-corrected chi connectivity index (χ2v) is 6.55. The molecule has 0 fully saturated rings. The third-order valence-corrected chi connectivity index (χ3v) is 3.89. The topological polar surface area (TPSA) is 29.1 Å². The van der Waals surface area contributed by atoms with Crippen molar-refractivity contribution in [1.82, 2.24) is 5.32 Å². The molecule has 2 nitrogen and oxygen atoms in total. The summed E-state index contributed by atoms with van der Waals surface area (Å²) in [6.07, 6.45) is 0. The maximum atomic E-state index is 11.8. The number of hydrogen-bond acceptors (Lipinski definition) is 2. The number of rotatable bonds is 3. The lowest BCUT2D eigenvalue weighted by atomic mass is 9.87. The summed E-state index contributed by atoms with van der Waals surface area (Å²) in [7, 11) is 0. The molecule has 0 aliphatic rings. The molecule has 100 valence electrons. The number of thiophene rings is 1. The molecule has 0 aliphatic carbocycles. The van der Waals surface area contributed by atoms with Gasteiger partial charge in [-0.1, -0.05) is 51.1 Å². The van der Waals surface area contributed by atoms with Gasteiger partial charge in [0.15, 0.2) is 0 Å². The zero-order chi connectivity index (χ0) is 13.9. The number of carbonyl (C=O) groups excluding carboxylic acids is 1. The highest BCUT2D eigenvalue weighted by molar-refractivity contribution is 7.12. The number of benzene rings is 1. The summed E-state index contributed by atoms with van der Waals surface area (Å²) in [6.45, 7) is 7.16. The standard InChI is InChI=1S/C16H19NOS/c1-16(2,3)13-8-6-12(7-9-13)11-17-15(18)14-5-4-10-19-14/h4-10H,11H2,1-3H3,(H,17,18). The van der Waals surface area contributed by atoms with Gasteiger partial charge in [-0.15, -0.1) is 11.3 Å². The van der Waals surface area contributed by atoms with Gasteiger partial charge >= 0.3 is 0 Å². The Bertz CT molecular complexity index is 535. The summed E-state index contributed by atoms with van der Waals surface area (Å²) >= 11 is 1.46. The minimum Gasteiger partial charge on any atom is -0.347 e. The lowest BCUT2D eigenvalue weighted by molar-refractivity contribution is 0.0955. The van der Waals surface area contributed by atoms with Crippen LogP contribution in [0.5, 0.6) is 0 Å². The third kappa shape index (κ3) is 3.67. The number of amides is 1. The van der Waals surface area contributed by atoms with Gasteiger partial charge in [0, 0.05) is 6.54 Å². The molecule has 2 rings (SSSR count). The van der Waals surface area contributed by atoms with Crippen molar-refractivity contribution in [1.29, 1.82) is 0 Å². The van der Waals surface area contributed by atoms with Crippen LogP contribution in [-0.2, 0) is 12.0 Å². The van der Waals surface area contributed by atoms with Crippen LogP contribution in [0.2, 0.25) is 0 Å². The van der Waals surface area contributed by atoms with Crippen LogP contribution in [0.25, 0.3) is 0 Å². The van der Waals surface area contributed by atoms with Crippen LogP contribution in [0.4, 0.5) is 0 Å². The zero-order valence-electron chi connectivity index (χ0n) is 11.6. The Hall–Kier alpha value is -1.61. The zero-order valence-corrected chi connectivity index (χ0v) is 12.4. The van der Waals surface area contributed by atoms with E-state index in [-0.39, 0.29) is 11.3 Å². The Morgan fingerprint density at radius 1 is 1.16 bits per heavy atom. The molecule has 0 aliphatic heterocycles. The first-order chi connectivity index (χ1) is 8.97.